The van der Waals surface area contributed by atoms with Gasteiger partial charge in [-0.1, -0.05) is 24.3 Å². The molecule has 0 radical (unpaired) electrons. The van der Waals surface area contributed by atoms with Crippen LogP contribution in [0.3, 0.4) is 0 Å². The molecular weight excluding hydrogens is 328 g/mol. The predicted octanol–water partition coefficient (Wildman–Crippen LogP) is 3.42. The molecule has 1 aromatic carbocycles. The van der Waals surface area contributed by atoms with Gasteiger partial charge in [-0.25, -0.2) is 4.79 Å². The number of hydrogen-bond acceptors (Lipinski definition) is 4. The summed E-state index contributed by atoms with van der Waals surface area (Å²) in [7, 11) is 3.24. The molecule has 5 nitrogen and oxygen atoms in total. The predicted molar refractivity (Wildman–Crippen MR) is 98.9 cm³/mol. The smallest absolute Gasteiger partial charge is 0.415 e. The lowest BCUT2D eigenvalue weighted by Crippen LogP contribution is -2.69. The Morgan fingerprint density at radius 3 is 2.85 bits per heavy atom. The number of hydrogen-bond donors (Lipinski definition) is 0. The van der Waals surface area contributed by atoms with Crippen LogP contribution >= 0.6 is 0 Å². The van der Waals surface area contributed by atoms with Crippen molar-refractivity contribution in [2.75, 3.05) is 32.2 Å². The topological polar surface area (TPSA) is 42.0 Å². The Bertz CT molecular complexity index is 861. The van der Waals surface area contributed by atoms with Crippen LogP contribution in [0.15, 0.2) is 47.7 Å². The lowest BCUT2D eigenvalue weighted by molar-refractivity contribution is 0.0374. The van der Waals surface area contributed by atoms with Gasteiger partial charge < -0.3 is 9.47 Å². The molecule has 0 unspecified atom stereocenters. The Morgan fingerprint density at radius 1 is 1.31 bits per heavy atom. The van der Waals surface area contributed by atoms with Gasteiger partial charge >= 0.3 is 6.09 Å². The molecule has 2 bridgehead atoms. The van der Waals surface area contributed by atoms with Crippen LogP contribution in [-0.2, 0) is 14.9 Å². The van der Waals surface area contributed by atoms with Crippen molar-refractivity contribution in [2.45, 2.75) is 30.8 Å². The van der Waals surface area contributed by atoms with Gasteiger partial charge in [-0.3, -0.25) is 9.80 Å². The third-order valence-electron chi connectivity index (χ3n) is 7.01. The second-order valence-corrected chi connectivity index (χ2v) is 7.65. The third kappa shape index (κ3) is 1.55. The molecule has 26 heavy (non-hydrogen) atoms. The number of piperidine rings is 1. The van der Waals surface area contributed by atoms with Gasteiger partial charge in [0.1, 0.15) is 5.66 Å². The van der Waals surface area contributed by atoms with Crippen molar-refractivity contribution in [1.82, 2.24) is 4.90 Å². The van der Waals surface area contributed by atoms with E-state index in [0.29, 0.717) is 0 Å². The SMILES string of the molecule is C/C=C1/CN2CC[C@]34C=C(OC)[C@H]1C[C@]23N(C(=O)OC)c1ccccc14. The average Bonchev–Trinajstić information content (AvgIpc) is 3.15. The molecule has 0 aromatic heterocycles. The number of fused-ring (bicyclic) bond motifs is 2. The maximum atomic E-state index is 13.0. The first kappa shape index (κ1) is 15.9. The van der Waals surface area contributed by atoms with E-state index in [-0.39, 0.29) is 17.4 Å². The highest BCUT2D eigenvalue weighted by atomic mass is 16.5. The summed E-state index contributed by atoms with van der Waals surface area (Å²) in [5.41, 5.74) is 2.92. The highest BCUT2D eigenvalue weighted by molar-refractivity contribution is 5.95. The zero-order valence-corrected chi connectivity index (χ0v) is 15.5. The van der Waals surface area contributed by atoms with E-state index in [4.69, 9.17) is 9.47 Å². The number of rotatable bonds is 1. The fourth-order valence-electron chi connectivity index (χ4n) is 6.00. The first-order valence-corrected chi connectivity index (χ1v) is 9.27. The number of ether oxygens (including phenoxy) is 2. The molecule has 1 amide bonds. The number of amides is 1. The molecule has 0 saturated carbocycles. The van der Waals surface area contributed by atoms with Gasteiger partial charge in [0.2, 0.25) is 0 Å². The number of carbonyl (C=O) groups is 1. The molecule has 3 heterocycles. The van der Waals surface area contributed by atoms with E-state index in [9.17, 15) is 4.79 Å². The number of anilines is 1. The maximum absolute atomic E-state index is 13.0. The highest BCUT2D eigenvalue weighted by Crippen LogP contribution is 2.66. The van der Waals surface area contributed by atoms with Gasteiger partial charge in [0.25, 0.3) is 0 Å². The molecule has 2 saturated heterocycles. The number of allylic oxidation sites excluding steroid dienone is 2. The first-order valence-electron chi connectivity index (χ1n) is 9.27. The van der Waals surface area contributed by atoms with Crippen molar-refractivity contribution in [3.8, 4) is 0 Å². The molecule has 5 rings (SSSR count). The molecule has 1 aliphatic carbocycles. The summed E-state index contributed by atoms with van der Waals surface area (Å²) in [6.45, 7) is 3.92. The van der Waals surface area contributed by atoms with Gasteiger partial charge in [-0.15, -0.1) is 0 Å². The van der Waals surface area contributed by atoms with Gasteiger partial charge in [0.15, 0.2) is 0 Å². The van der Waals surface area contributed by atoms with Crippen LogP contribution in [0.4, 0.5) is 10.5 Å². The Hall–Kier alpha value is -2.27. The van der Waals surface area contributed by atoms with E-state index in [1.807, 2.05) is 17.0 Å². The Labute approximate surface area is 153 Å². The van der Waals surface area contributed by atoms with Crippen molar-refractivity contribution in [3.63, 3.8) is 0 Å². The molecule has 5 heteroatoms. The second kappa shape index (κ2) is 5.13. The van der Waals surface area contributed by atoms with Crippen LogP contribution in [0.25, 0.3) is 0 Å². The number of para-hydroxylation sites is 1. The van der Waals surface area contributed by atoms with Crippen molar-refractivity contribution in [1.29, 1.82) is 0 Å². The molecule has 3 aliphatic heterocycles. The quantitative estimate of drug-likeness (QED) is 0.726. The number of benzene rings is 1. The van der Waals surface area contributed by atoms with E-state index in [2.05, 4.69) is 36.1 Å². The van der Waals surface area contributed by atoms with E-state index in [1.54, 1.807) is 7.11 Å². The Morgan fingerprint density at radius 2 is 2.12 bits per heavy atom. The molecule has 0 N–H and O–H groups in total. The summed E-state index contributed by atoms with van der Waals surface area (Å²) in [6, 6.07) is 8.28. The minimum absolute atomic E-state index is 0.217. The minimum atomic E-state index is -0.400. The van der Waals surface area contributed by atoms with Crippen molar-refractivity contribution >= 4 is 11.8 Å². The number of carbonyl (C=O) groups excluding carboxylic acids is 1. The van der Waals surface area contributed by atoms with E-state index in [1.165, 1.54) is 18.2 Å². The molecule has 2 fully saturated rings. The van der Waals surface area contributed by atoms with Crippen LogP contribution in [0.2, 0.25) is 0 Å². The summed E-state index contributed by atoms with van der Waals surface area (Å²) >= 11 is 0. The van der Waals surface area contributed by atoms with Gasteiger partial charge in [0, 0.05) is 19.0 Å². The molecule has 1 spiro atoms. The lowest BCUT2D eigenvalue weighted by atomic mass is 9.62. The summed E-state index contributed by atoms with van der Waals surface area (Å²) in [4.78, 5) is 17.4. The number of methoxy groups -OCH3 is 2. The van der Waals surface area contributed by atoms with Crippen molar-refractivity contribution in [2.24, 2.45) is 5.92 Å². The van der Waals surface area contributed by atoms with Crippen LogP contribution in [0, 0.1) is 5.92 Å². The Kier molecular flexibility index (Phi) is 3.15. The molecule has 4 aliphatic rings. The van der Waals surface area contributed by atoms with Crippen LogP contribution < -0.4 is 4.90 Å². The van der Waals surface area contributed by atoms with Crippen molar-refractivity contribution < 1.29 is 14.3 Å². The van der Waals surface area contributed by atoms with Crippen LogP contribution in [-0.4, -0.2) is 44.0 Å². The van der Waals surface area contributed by atoms with E-state index < -0.39 is 5.66 Å². The molecule has 1 aromatic rings. The van der Waals surface area contributed by atoms with Crippen LogP contribution in [0.1, 0.15) is 25.3 Å². The monoisotopic (exact) mass is 352 g/mol. The van der Waals surface area contributed by atoms with Gasteiger partial charge in [0.05, 0.1) is 31.1 Å². The zero-order chi connectivity index (χ0) is 18.1. The van der Waals surface area contributed by atoms with Crippen LogP contribution in [0.5, 0.6) is 0 Å². The summed E-state index contributed by atoms with van der Waals surface area (Å²) in [6.07, 6.45) is 6.07. The maximum Gasteiger partial charge on any atom is 0.415 e. The fourth-order valence-corrected chi connectivity index (χ4v) is 6.00. The normalized spacial score (nSPS) is 35.8. The molecule has 3 atom stereocenters. The lowest BCUT2D eigenvalue weighted by Gasteiger charge is -2.56. The van der Waals surface area contributed by atoms with E-state index >= 15 is 0 Å². The largest absolute Gasteiger partial charge is 0.501 e. The first-order chi connectivity index (χ1) is 12.6. The summed E-state index contributed by atoms with van der Waals surface area (Å²) in [5, 5.41) is 0. The summed E-state index contributed by atoms with van der Waals surface area (Å²) < 4.78 is 11.1. The molecule has 136 valence electrons. The summed E-state index contributed by atoms with van der Waals surface area (Å²) in [5.74, 6) is 1.26. The van der Waals surface area contributed by atoms with Crippen molar-refractivity contribution in [3.05, 3.63) is 53.3 Å². The molecular formula is C21H24N2O3. The third-order valence-corrected chi connectivity index (χ3v) is 7.01. The standard InChI is InChI=1S/C21H24N2O3/c1-4-14-13-22-10-9-20-12-18(25-2)15(14)11-21(20,22)23(19(24)26-3)17-8-6-5-7-16(17)20/h4-8,12,15H,9-11,13H2,1-3H3/b14-4-/t15-,20+,21+/m0/s1. The highest BCUT2D eigenvalue weighted by Gasteiger charge is 2.72. The minimum Gasteiger partial charge on any atom is -0.501 e. The average molecular weight is 352 g/mol. The van der Waals surface area contributed by atoms with Gasteiger partial charge in [-0.05, 0) is 43.0 Å². The second-order valence-electron chi connectivity index (χ2n) is 7.65. The zero-order valence-electron chi connectivity index (χ0n) is 15.5. The van der Waals surface area contributed by atoms with Gasteiger partial charge in [-0.2, -0.15) is 0 Å². The fraction of sp³-hybridized carbons (Fsp3) is 0.476. The van der Waals surface area contributed by atoms with E-state index in [0.717, 1.165) is 37.4 Å². The number of nitrogens with zero attached hydrogens (tertiary/aromatic N) is 2. The Balaban J connectivity index is 1.84.